The predicted molar refractivity (Wildman–Crippen MR) is 182 cm³/mol. The van der Waals surface area contributed by atoms with E-state index < -0.39 is 27.9 Å². The number of sulfone groups is 1. The first-order chi connectivity index (χ1) is 22.7. The number of carboxylic acid groups (broad SMARTS) is 1. The van der Waals surface area contributed by atoms with Gasteiger partial charge in [0, 0.05) is 10.4 Å². The molecule has 9 nitrogen and oxygen atoms in total. The molecule has 0 fully saturated rings. The minimum Gasteiger partial charge on any atom is -0.480 e. The molecule has 4 aromatic carbocycles. The molecular weight excluding hydrogens is 637 g/mol. The lowest BCUT2D eigenvalue weighted by molar-refractivity contribution is -0.141. The van der Waals surface area contributed by atoms with Crippen molar-refractivity contribution in [1.29, 1.82) is 0 Å². The van der Waals surface area contributed by atoms with Gasteiger partial charge in [-0.15, -0.1) is 11.3 Å². The number of carbonyl (C=O) groups is 2. The molecule has 0 aliphatic rings. The van der Waals surface area contributed by atoms with Crippen LogP contribution in [0.25, 0.3) is 21.3 Å². The van der Waals surface area contributed by atoms with Gasteiger partial charge >= 0.3 is 12.1 Å². The summed E-state index contributed by atoms with van der Waals surface area (Å²) in [6.07, 6.45) is 1.05. The molecule has 0 radical (unpaired) electrons. The maximum Gasteiger partial charge on any atom is 0.408 e. The SMILES string of the molecule is Cc1sc(-c2ccc3ccccc3c2)nc1CCCCS(=O)(=O)c1ccc(COC[C@H](NC(=O)OCc2ccccc2)C(=O)O)cc1. The number of ether oxygens (including phenoxy) is 2. The normalized spacial score (nSPS) is 12.1. The van der Waals surface area contributed by atoms with Crippen molar-refractivity contribution in [3.8, 4) is 10.6 Å². The number of carbonyl (C=O) groups excluding carboxylic acids is 1. The largest absolute Gasteiger partial charge is 0.480 e. The number of thiazole rings is 1. The average molecular weight is 673 g/mol. The molecule has 1 heterocycles. The number of carboxylic acids is 1. The van der Waals surface area contributed by atoms with Gasteiger partial charge < -0.3 is 19.9 Å². The molecule has 0 unspecified atom stereocenters. The van der Waals surface area contributed by atoms with E-state index in [1.54, 1.807) is 47.7 Å². The monoisotopic (exact) mass is 672 g/mol. The molecular formula is C36H36N2O7S2. The first-order valence-electron chi connectivity index (χ1n) is 15.2. The number of unbranched alkanes of at least 4 members (excludes halogenated alkanes) is 1. The van der Waals surface area contributed by atoms with Crippen molar-refractivity contribution in [3.63, 3.8) is 0 Å². The molecule has 5 aromatic rings. The second-order valence-corrected chi connectivity index (χ2v) is 14.4. The molecule has 1 atom stereocenters. The molecule has 0 aliphatic carbocycles. The number of rotatable bonds is 15. The summed E-state index contributed by atoms with van der Waals surface area (Å²) in [5, 5.41) is 15.1. The van der Waals surface area contributed by atoms with Gasteiger partial charge in [-0.05, 0) is 66.3 Å². The molecule has 1 aromatic heterocycles. The first-order valence-corrected chi connectivity index (χ1v) is 17.7. The number of fused-ring (bicyclic) bond motifs is 1. The number of aryl methyl sites for hydroxylation is 2. The number of benzene rings is 4. The van der Waals surface area contributed by atoms with Crippen molar-refractivity contribution in [2.45, 2.75) is 50.3 Å². The van der Waals surface area contributed by atoms with Gasteiger partial charge in [0.25, 0.3) is 0 Å². The zero-order chi connectivity index (χ0) is 33.2. The summed E-state index contributed by atoms with van der Waals surface area (Å²) in [5.41, 5.74) is 3.52. The van der Waals surface area contributed by atoms with Crippen LogP contribution in [0.1, 0.15) is 34.5 Å². The summed E-state index contributed by atoms with van der Waals surface area (Å²) in [6.45, 7) is 1.81. The third-order valence-corrected chi connectivity index (χ3v) is 10.5. The smallest absolute Gasteiger partial charge is 0.408 e. The second kappa shape index (κ2) is 15.8. The Morgan fingerprint density at radius 3 is 2.32 bits per heavy atom. The van der Waals surface area contributed by atoms with Gasteiger partial charge in [0.15, 0.2) is 15.9 Å². The number of aliphatic carboxylic acids is 1. The topological polar surface area (TPSA) is 132 Å². The number of amides is 1. The molecule has 2 N–H and O–H groups in total. The van der Waals surface area contributed by atoms with Gasteiger partial charge in [-0.1, -0.05) is 78.9 Å². The van der Waals surface area contributed by atoms with Crippen LogP contribution in [0.2, 0.25) is 0 Å². The molecule has 47 heavy (non-hydrogen) atoms. The Morgan fingerprint density at radius 1 is 0.872 bits per heavy atom. The number of aromatic nitrogens is 1. The Labute approximate surface area is 278 Å². The van der Waals surface area contributed by atoms with Gasteiger partial charge in [-0.25, -0.2) is 23.0 Å². The molecule has 0 bridgehead atoms. The predicted octanol–water partition coefficient (Wildman–Crippen LogP) is 6.96. The van der Waals surface area contributed by atoms with E-state index in [-0.39, 0.29) is 30.5 Å². The molecule has 5 rings (SSSR count). The third kappa shape index (κ3) is 9.47. The molecule has 0 aliphatic heterocycles. The van der Waals surface area contributed by atoms with Crippen LogP contribution in [0.4, 0.5) is 4.79 Å². The van der Waals surface area contributed by atoms with Gasteiger partial charge in [-0.3, -0.25) is 0 Å². The molecule has 1 amide bonds. The molecule has 11 heteroatoms. The van der Waals surface area contributed by atoms with E-state index in [9.17, 15) is 23.1 Å². The summed E-state index contributed by atoms with van der Waals surface area (Å²) < 4.78 is 36.5. The van der Waals surface area contributed by atoms with E-state index >= 15 is 0 Å². The van der Waals surface area contributed by atoms with Crippen molar-refractivity contribution in [1.82, 2.24) is 10.3 Å². The lowest BCUT2D eigenvalue weighted by Gasteiger charge is -2.15. The molecule has 0 spiro atoms. The highest BCUT2D eigenvalue weighted by Gasteiger charge is 2.21. The summed E-state index contributed by atoms with van der Waals surface area (Å²) >= 11 is 1.66. The first kappa shape index (κ1) is 33.8. The van der Waals surface area contributed by atoms with Crippen LogP contribution in [0.3, 0.4) is 0 Å². The van der Waals surface area contributed by atoms with Crippen LogP contribution in [0.5, 0.6) is 0 Å². The molecule has 0 saturated carbocycles. The molecule has 244 valence electrons. The number of nitrogens with one attached hydrogen (secondary N) is 1. The maximum absolute atomic E-state index is 13.0. The molecule has 0 saturated heterocycles. The van der Waals surface area contributed by atoms with Crippen LogP contribution >= 0.6 is 11.3 Å². The third-order valence-electron chi connectivity index (χ3n) is 7.60. The fourth-order valence-electron chi connectivity index (χ4n) is 4.98. The van der Waals surface area contributed by atoms with E-state index in [2.05, 4.69) is 42.6 Å². The fraction of sp³-hybridized carbons (Fsp3) is 0.250. The standard InChI is InChI=1S/C36H36N2O7S2/c1-25-32(37-34(46-25)30-17-16-28-11-5-6-12-29(28)21-30)13-7-8-20-47(42,43)31-18-14-27(15-19-31)22-44-24-33(35(39)40)38-36(41)45-23-26-9-3-2-4-10-26/h2-6,9-12,14-19,21,33H,7-8,13,20,22-24H2,1H3,(H,38,41)(H,39,40)/t33-/m0/s1. The van der Waals surface area contributed by atoms with E-state index in [0.29, 0.717) is 24.8 Å². The highest BCUT2D eigenvalue weighted by Crippen LogP contribution is 2.30. The van der Waals surface area contributed by atoms with E-state index in [0.717, 1.165) is 26.7 Å². The number of nitrogens with zero attached hydrogens (tertiary/aromatic N) is 1. The van der Waals surface area contributed by atoms with Gasteiger partial charge in [0.05, 0.1) is 29.6 Å². The van der Waals surface area contributed by atoms with Crippen molar-refractivity contribution in [2.24, 2.45) is 0 Å². The average Bonchev–Trinajstić information content (AvgIpc) is 3.45. The maximum atomic E-state index is 13.0. The zero-order valence-electron chi connectivity index (χ0n) is 25.9. The van der Waals surface area contributed by atoms with Crippen LogP contribution in [-0.4, -0.2) is 49.0 Å². The summed E-state index contributed by atoms with van der Waals surface area (Å²) in [5.74, 6) is -1.24. The Hall–Kier alpha value is -4.58. The van der Waals surface area contributed by atoms with Crippen molar-refractivity contribution >= 4 is 44.0 Å². The second-order valence-electron chi connectivity index (χ2n) is 11.1. The Morgan fingerprint density at radius 2 is 1.57 bits per heavy atom. The van der Waals surface area contributed by atoms with Crippen molar-refractivity contribution in [2.75, 3.05) is 12.4 Å². The van der Waals surface area contributed by atoms with E-state index in [4.69, 9.17) is 14.5 Å². The van der Waals surface area contributed by atoms with Crippen LogP contribution in [-0.2, 0) is 43.7 Å². The lowest BCUT2D eigenvalue weighted by Crippen LogP contribution is -2.44. The Bertz CT molecular complexity index is 1920. The van der Waals surface area contributed by atoms with Gasteiger partial charge in [-0.2, -0.15) is 0 Å². The quantitative estimate of drug-likeness (QED) is 0.114. The Balaban J connectivity index is 1.05. The van der Waals surface area contributed by atoms with Gasteiger partial charge in [0.2, 0.25) is 0 Å². The number of alkyl carbamates (subject to hydrolysis) is 1. The Kier molecular flexibility index (Phi) is 11.4. The minimum atomic E-state index is -3.48. The summed E-state index contributed by atoms with van der Waals surface area (Å²) in [7, 11) is -3.48. The zero-order valence-corrected chi connectivity index (χ0v) is 27.6. The van der Waals surface area contributed by atoms with Crippen LogP contribution in [0, 0.1) is 6.92 Å². The minimum absolute atomic E-state index is 0.00811. The van der Waals surface area contributed by atoms with Crippen molar-refractivity contribution < 1.29 is 32.6 Å². The van der Waals surface area contributed by atoms with Crippen molar-refractivity contribution in [3.05, 3.63) is 119 Å². The lowest BCUT2D eigenvalue weighted by atomic mass is 10.1. The number of hydrogen-bond acceptors (Lipinski definition) is 8. The highest BCUT2D eigenvalue weighted by atomic mass is 32.2. The summed E-state index contributed by atoms with van der Waals surface area (Å²) in [6, 6.07) is 28.6. The van der Waals surface area contributed by atoms with Crippen LogP contribution < -0.4 is 5.32 Å². The van der Waals surface area contributed by atoms with Crippen LogP contribution in [0.15, 0.2) is 102 Å². The van der Waals surface area contributed by atoms with E-state index in [1.165, 1.54) is 22.9 Å². The van der Waals surface area contributed by atoms with Gasteiger partial charge in [0.1, 0.15) is 11.6 Å². The highest BCUT2D eigenvalue weighted by molar-refractivity contribution is 7.91. The summed E-state index contributed by atoms with van der Waals surface area (Å²) in [4.78, 5) is 29.9. The fourth-order valence-corrected chi connectivity index (χ4v) is 7.30. The van der Waals surface area contributed by atoms with E-state index in [1.807, 2.05) is 18.2 Å². The number of hydrogen-bond donors (Lipinski definition) is 2.